The van der Waals surface area contributed by atoms with Gasteiger partial charge in [-0.3, -0.25) is 0 Å². The second kappa shape index (κ2) is 6.85. The third-order valence-electron chi connectivity index (χ3n) is 4.09. The maximum Gasteiger partial charge on any atom is 0.334 e. The van der Waals surface area contributed by atoms with E-state index in [1.165, 1.54) is 0 Å². The summed E-state index contributed by atoms with van der Waals surface area (Å²) < 4.78 is 11.1. The Morgan fingerprint density at radius 3 is 2.58 bits per heavy atom. The topological polar surface area (TPSA) is 35.5 Å². The van der Waals surface area contributed by atoms with E-state index in [0.29, 0.717) is 12.2 Å². The summed E-state index contributed by atoms with van der Waals surface area (Å²) in [6.45, 7) is 5.86. The molecule has 122 valence electrons. The molecule has 0 saturated heterocycles. The van der Waals surface area contributed by atoms with Gasteiger partial charge in [0.15, 0.2) is 6.10 Å². The van der Waals surface area contributed by atoms with E-state index in [1.54, 1.807) is 14.0 Å². The molecule has 0 radical (unpaired) electrons. The number of ether oxygens (including phenoxy) is 2. The lowest BCUT2D eigenvalue weighted by Gasteiger charge is -2.22. The van der Waals surface area contributed by atoms with Crippen LogP contribution in [0.3, 0.4) is 0 Å². The molecule has 1 aliphatic rings. The zero-order chi connectivity index (χ0) is 17.1. The first-order valence-corrected chi connectivity index (χ1v) is 7.86. The van der Waals surface area contributed by atoms with Crippen molar-refractivity contribution in [3.05, 3.63) is 82.4 Å². The van der Waals surface area contributed by atoms with Crippen LogP contribution in [-0.2, 0) is 20.9 Å². The van der Waals surface area contributed by atoms with Crippen LogP contribution in [0.15, 0.2) is 54.6 Å². The number of fused-ring (bicyclic) bond motifs is 2. The molecule has 1 unspecified atom stereocenters. The Morgan fingerprint density at radius 1 is 1.08 bits per heavy atom. The van der Waals surface area contributed by atoms with Crippen molar-refractivity contribution in [1.82, 2.24) is 0 Å². The zero-order valence-corrected chi connectivity index (χ0v) is 13.9. The molecule has 3 heteroatoms. The Morgan fingerprint density at radius 2 is 1.83 bits per heavy atom. The second-order valence-corrected chi connectivity index (χ2v) is 5.88. The summed E-state index contributed by atoms with van der Waals surface area (Å²) in [5.74, 6) is -0.389. The lowest BCUT2D eigenvalue weighted by Crippen LogP contribution is -2.15. The number of rotatable bonds is 4. The predicted molar refractivity (Wildman–Crippen MR) is 95.3 cm³/mol. The van der Waals surface area contributed by atoms with Crippen molar-refractivity contribution in [2.75, 3.05) is 7.11 Å². The minimum atomic E-state index is -0.466. The van der Waals surface area contributed by atoms with Crippen LogP contribution in [0.4, 0.5) is 0 Å². The first kappa shape index (κ1) is 16.2. The monoisotopic (exact) mass is 320 g/mol. The standard InChI is InChI=1S/C21H20O3/c1-14(2)21(22)24-20-18-9-5-4-7-15(18)11-12-17-16(13-23-3)8-6-10-19(17)20/h4-12,20H,1,13H2,2-3H3. The van der Waals surface area contributed by atoms with Gasteiger partial charge in [0.2, 0.25) is 0 Å². The van der Waals surface area contributed by atoms with Crippen molar-refractivity contribution in [1.29, 1.82) is 0 Å². The first-order chi connectivity index (χ1) is 11.6. The number of carbonyl (C=O) groups is 1. The predicted octanol–water partition coefficient (Wildman–Crippen LogP) is 4.53. The number of hydrogen-bond acceptors (Lipinski definition) is 3. The van der Waals surface area contributed by atoms with Gasteiger partial charge in [-0.05, 0) is 23.6 Å². The highest BCUT2D eigenvalue weighted by atomic mass is 16.5. The fraction of sp³-hybridized carbons (Fsp3) is 0.190. The van der Waals surface area contributed by atoms with Gasteiger partial charge in [-0.15, -0.1) is 0 Å². The van der Waals surface area contributed by atoms with Crippen molar-refractivity contribution in [2.45, 2.75) is 19.6 Å². The van der Waals surface area contributed by atoms with Crippen molar-refractivity contribution in [2.24, 2.45) is 0 Å². The average molecular weight is 320 g/mol. The van der Waals surface area contributed by atoms with Crippen molar-refractivity contribution in [3.8, 4) is 0 Å². The highest BCUT2D eigenvalue weighted by molar-refractivity contribution is 5.88. The van der Waals surface area contributed by atoms with Gasteiger partial charge >= 0.3 is 5.97 Å². The number of methoxy groups -OCH3 is 1. The number of hydrogen-bond donors (Lipinski definition) is 0. The summed E-state index contributed by atoms with van der Waals surface area (Å²) in [6, 6.07) is 13.9. The van der Waals surface area contributed by atoms with E-state index in [0.717, 1.165) is 27.8 Å². The molecule has 1 atom stereocenters. The average Bonchev–Trinajstić information content (AvgIpc) is 2.73. The van der Waals surface area contributed by atoms with Gasteiger partial charge in [0.25, 0.3) is 0 Å². The SMILES string of the molecule is C=C(C)C(=O)OC1c2ccccc2C=Cc2c(COC)cccc21. The summed E-state index contributed by atoms with van der Waals surface area (Å²) in [4.78, 5) is 12.2. The quantitative estimate of drug-likeness (QED) is 0.613. The number of carbonyl (C=O) groups excluding carboxylic acids is 1. The van der Waals surface area contributed by atoms with Crippen LogP contribution in [0, 0.1) is 0 Å². The molecule has 2 aromatic carbocycles. The highest BCUT2D eigenvalue weighted by Gasteiger charge is 2.26. The maximum atomic E-state index is 12.2. The fourth-order valence-corrected chi connectivity index (χ4v) is 2.92. The van der Waals surface area contributed by atoms with Gasteiger partial charge in [0.1, 0.15) is 0 Å². The van der Waals surface area contributed by atoms with E-state index in [9.17, 15) is 4.79 Å². The van der Waals surface area contributed by atoms with E-state index in [1.807, 2.05) is 42.5 Å². The summed E-state index contributed by atoms with van der Waals surface area (Å²) >= 11 is 0. The van der Waals surface area contributed by atoms with E-state index >= 15 is 0 Å². The zero-order valence-electron chi connectivity index (χ0n) is 13.9. The number of benzene rings is 2. The third-order valence-corrected chi connectivity index (χ3v) is 4.09. The number of esters is 1. The van der Waals surface area contributed by atoms with Crippen LogP contribution >= 0.6 is 0 Å². The molecule has 3 nitrogen and oxygen atoms in total. The Labute approximate surface area is 142 Å². The lowest BCUT2D eigenvalue weighted by molar-refractivity contribution is -0.142. The second-order valence-electron chi connectivity index (χ2n) is 5.88. The van der Waals surface area contributed by atoms with Crippen LogP contribution < -0.4 is 0 Å². The fourth-order valence-electron chi connectivity index (χ4n) is 2.92. The van der Waals surface area contributed by atoms with Crippen molar-refractivity contribution in [3.63, 3.8) is 0 Å². The van der Waals surface area contributed by atoms with Gasteiger partial charge in [-0.1, -0.05) is 61.2 Å². The molecular formula is C21H20O3. The first-order valence-electron chi connectivity index (χ1n) is 7.86. The molecular weight excluding hydrogens is 300 g/mol. The summed E-state index contributed by atoms with van der Waals surface area (Å²) in [7, 11) is 1.67. The molecule has 0 heterocycles. The highest BCUT2D eigenvalue weighted by Crippen LogP contribution is 2.37. The minimum absolute atomic E-state index is 0.388. The van der Waals surface area contributed by atoms with Crippen LogP contribution in [0.2, 0.25) is 0 Å². The van der Waals surface area contributed by atoms with Gasteiger partial charge < -0.3 is 9.47 Å². The summed E-state index contributed by atoms with van der Waals surface area (Å²) in [5, 5.41) is 0. The van der Waals surface area contributed by atoms with Crippen molar-refractivity contribution < 1.29 is 14.3 Å². The normalized spacial score (nSPS) is 15.2. The molecule has 0 saturated carbocycles. The maximum absolute atomic E-state index is 12.2. The molecule has 0 aromatic heterocycles. The van der Waals surface area contributed by atoms with Gasteiger partial charge in [0.05, 0.1) is 6.61 Å². The van der Waals surface area contributed by atoms with Gasteiger partial charge in [0, 0.05) is 23.8 Å². The summed E-state index contributed by atoms with van der Waals surface area (Å²) in [5.41, 5.74) is 5.46. The molecule has 0 bridgehead atoms. The molecule has 1 aliphatic carbocycles. The Hall–Kier alpha value is -2.65. The molecule has 3 rings (SSSR count). The minimum Gasteiger partial charge on any atom is -0.449 e. The Kier molecular flexibility index (Phi) is 4.63. The molecule has 0 spiro atoms. The van der Waals surface area contributed by atoms with Crippen LogP contribution in [0.1, 0.15) is 40.8 Å². The van der Waals surface area contributed by atoms with E-state index in [-0.39, 0.29) is 5.97 Å². The lowest BCUT2D eigenvalue weighted by atomic mass is 9.94. The smallest absolute Gasteiger partial charge is 0.334 e. The van der Waals surface area contributed by atoms with Crippen LogP contribution in [0.25, 0.3) is 12.2 Å². The Balaban J connectivity index is 2.17. The van der Waals surface area contributed by atoms with Gasteiger partial charge in [-0.25, -0.2) is 4.79 Å². The largest absolute Gasteiger partial charge is 0.449 e. The van der Waals surface area contributed by atoms with Crippen molar-refractivity contribution >= 4 is 18.1 Å². The molecule has 0 aliphatic heterocycles. The molecule has 0 N–H and O–H groups in total. The molecule has 0 amide bonds. The van der Waals surface area contributed by atoms with E-state index < -0.39 is 6.10 Å². The Bertz CT molecular complexity index is 818. The van der Waals surface area contributed by atoms with Crippen LogP contribution in [0.5, 0.6) is 0 Å². The summed E-state index contributed by atoms with van der Waals surface area (Å²) in [6.07, 6.45) is 3.66. The third kappa shape index (κ3) is 3.03. The van der Waals surface area contributed by atoms with E-state index in [2.05, 4.69) is 18.7 Å². The molecule has 0 fully saturated rings. The van der Waals surface area contributed by atoms with Gasteiger partial charge in [-0.2, -0.15) is 0 Å². The van der Waals surface area contributed by atoms with Crippen LogP contribution in [-0.4, -0.2) is 13.1 Å². The molecule has 2 aromatic rings. The molecule has 24 heavy (non-hydrogen) atoms. The van der Waals surface area contributed by atoms with E-state index in [4.69, 9.17) is 9.47 Å².